The first kappa shape index (κ1) is 13.3. The number of ether oxygens (including phenoxy) is 4. The third-order valence-corrected chi connectivity index (χ3v) is 1.79. The SMILES string of the molecule is COC(OC)C(C(=O)[O-])C(OC)OC. The van der Waals surface area contributed by atoms with Crippen molar-refractivity contribution in [2.45, 2.75) is 12.6 Å². The topological polar surface area (TPSA) is 77.1 Å². The van der Waals surface area contributed by atoms with Gasteiger partial charge in [-0.15, -0.1) is 0 Å². The molecule has 0 aromatic heterocycles. The zero-order chi connectivity index (χ0) is 11.1. The van der Waals surface area contributed by atoms with Gasteiger partial charge in [0.2, 0.25) is 0 Å². The Morgan fingerprint density at radius 3 is 1.36 bits per heavy atom. The average Bonchev–Trinajstić information content (AvgIpc) is 2.18. The number of methoxy groups -OCH3 is 4. The molecule has 0 bridgehead atoms. The molecule has 0 aromatic rings. The molecule has 0 saturated carbocycles. The molecule has 0 aromatic carbocycles. The van der Waals surface area contributed by atoms with E-state index in [4.69, 9.17) is 18.9 Å². The molecule has 0 spiro atoms. The van der Waals surface area contributed by atoms with Crippen LogP contribution in [-0.2, 0) is 23.7 Å². The Labute approximate surface area is 82.7 Å². The lowest BCUT2D eigenvalue weighted by Gasteiger charge is -2.30. The molecule has 0 aliphatic carbocycles. The Hall–Kier alpha value is -0.690. The maximum absolute atomic E-state index is 10.8. The van der Waals surface area contributed by atoms with Crippen molar-refractivity contribution in [1.82, 2.24) is 0 Å². The summed E-state index contributed by atoms with van der Waals surface area (Å²) in [4.78, 5) is 10.8. The van der Waals surface area contributed by atoms with Gasteiger partial charge in [-0.2, -0.15) is 0 Å². The lowest BCUT2D eigenvalue weighted by Crippen LogP contribution is -2.48. The van der Waals surface area contributed by atoms with E-state index in [1.54, 1.807) is 0 Å². The van der Waals surface area contributed by atoms with Crippen molar-refractivity contribution in [2.24, 2.45) is 5.92 Å². The molecule has 0 heterocycles. The lowest BCUT2D eigenvalue weighted by molar-refractivity contribution is -0.333. The van der Waals surface area contributed by atoms with Gasteiger partial charge in [0.25, 0.3) is 0 Å². The monoisotopic (exact) mass is 207 g/mol. The quantitative estimate of drug-likeness (QED) is 0.477. The van der Waals surface area contributed by atoms with E-state index in [0.29, 0.717) is 0 Å². The summed E-state index contributed by atoms with van der Waals surface area (Å²) >= 11 is 0. The van der Waals surface area contributed by atoms with Crippen molar-refractivity contribution >= 4 is 5.97 Å². The first-order chi connectivity index (χ1) is 6.62. The van der Waals surface area contributed by atoms with E-state index in [1.807, 2.05) is 0 Å². The molecule has 14 heavy (non-hydrogen) atoms. The fraction of sp³-hybridized carbons (Fsp3) is 0.875. The van der Waals surface area contributed by atoms with Crippen LogP contribution in [0.15, 0.2) is 0 Å². The van der Waals surface area contributed by atoms with Crippen LogP contribution in [0.1, 0.15) is 0 Å². The van der Waals surface area contributed by atoms with E-state index < -0.39 is 24.5 Å². The van der Waals surface area contributed by atoms with Gasteiger partial charge in [0.15, 0.2) is 12.6 Å². The van der Waals surface area contributed by atoms with Crippen molar-refractivity contribution in [2.75, 3.05) is 28.4 Å². The van der Waals surface area contributed by atoms with Gasteiger partial charge in [-0.3, -0.25) is 0 Å². The fourth-order valence-electron chi connectivity index (χ4n) is 1.13. The highest BCUT2D eigenvalue weighted by molar-refractivity contribution is 5.68. The molecule has 6 heteroatoms. The van der Waals surface area contributed by atoms with Crippen LogP contribution >= 0.6 is 0 Å². The van der Waals surface area contributed by atoms with Crippen LogP contribution in [0.2, 0.25) is 0 Å². The number of carboxylic acid groups (broad SMARTS) is 1. The van der Waals surface area contributed by atoms with Crippen molar-refractivity contribution in [3.05, 3.63) is 0 Å². The second-order valence-electron chi connectivity index (χ2n) is 2.52. The highest BCUT2D eigenvalue weighted by atomic mass is 16.7. The van der Waals surface area contributed by atoms with Gasteiger partial charge in [-0.25, -0.2) is 0 Å². The van der Waals surface area contributed by atoms with Crippen LogP contribution in [-0.4, -0.2) is 47.0 Å². The summed E-state index contributed by atoms with van der Waals surface area (Å²) in [5.74, 6) is -2.49. The largest absolute Gasteiger partial charge is 0.549 e. The van der Waals surface area contributed by atoms with Gasteiger partial charge >= 0.3 is 0 Å². The summed E-state index contributed by atoms with van der Waals surface area (Å²) in [6, 6.07) is 0. The maximum atomic E-state index is 10.8. The molecule has 0 aliphatic rings. The molecule has 0 N–H and O–H groups in total. The van der Waals surface area contributed by atoms with E-state index in [1.165, 1.54) is 28.4 Å². The minimum absolute atomic E-state index is 0.968. The van der Waals surface area contributed by atoms with Gasteiger partial charge in [0, 0.05) is 28.4 Å². The molecule has 0 rings (SSSR count). The molecular weight excluding hydrogens is 192 g/mol. The van der Waals surface area contributed by atoms with Gasteiger partial charge < -0.3 is 28.8 Å². The summed E-state index contributed by atoms with van der Waals surface area (Å²) in [5, 5.41) is 10.8. The Bertz CT molecular complexity index is 151. The van der Waals surface area contributed by atoms with Crippen LogP contribution in [0.4, 0.5) is 0 Å². The average molecular weight is 207 g/mol. The standard InChI is InChI=1S/C8H16O6/c1-11-7(12-2)5(6(9)10)8(13-3)14-4/h5,7-8H,1-4H3,(H,9,10)/p-1. The number of carboxylic acids is 1. The first-order valence-electron chi connectivity index (χ1n) is 3.94. The van der Waals surface area contributed by atoms with E-state index in [2.05, 4.69) is 0 Å². The van der Waals surface area contributed by atoms with Crippen LogP contribution in [0.5, 0.6) is 0 Å². The first-order valence-corrected chi connectivity index (χ1v) is 3.94. The Kier molecular flexibility index (Phi) is 6.39. The maximum Gasteiger partial charge on any atom is 0.169 e. The molecule has 0 atom stereocenters. The van der Waals surface area contributed by atoms with Gasteiger partial charge in [0.1, 0.15) is 5.92 Å². The highest BCUT2D eigenvalue weighted by Gasteiger charge is 2.31. The molecule has 0 fully saturated rings. The number of hydrogen-bond donors (Lipinski definition) is 0. The van der Waals surface area contributed by atoms with E-state index >= 15 is 0 Å². The van der Waals surface area contributed by atoms with Crippen LogP contribution in [0.3, 0.4) is 0 Å². The Morgan fingerprint density at radius 2 is 1.21 bits per heavy atom. The van der Waals surface area contributed by atoms with Crippen molar-refractivity contribution < 1.29 is 28.8 Å². The number of aliphatic carboxylic acids is 1. The third-order valence-electron chi connectivity index (χ3n) is 1.79. The highest BCUT2D eigenvalue weighted by Crippen LogP contribution is 2.15. The molecule has 6 nitrogen and oxygen atoms in total. The Morgan fingerprint density at radius 1 is 0.929 bits per heavy atom. The molecule has 0 aliphatic heterocycles. The van der Waals surface area contributed by atoms with Crippen molar-refractivity contribution in [3.8, 4) is 0 Å². The zero-order valence-electron chi connectivity index (χ0n) is 8.68. The summed E-state index contributed by atoms with van der Waals surface area (Å²) < 4.78 is 19.2. The number of hydrogen-bond acceptors (Lipinski definition) is 6. The summed E-state index contributed by atoms with van der Waals surface area (Å²) in [6.07, 6.45) is -1.94. The number of carbonyl (C=O) groups is 1. The smallest absolute Gasteiger partial charge is 0.169 e. The van der Waals surface area contributed by atoms with Gasteiger partial charge in [0.05, 0.1) is 5.97 Å². The minimum Gasteiger partial charge on any atom is -0.549 e. The molecule has 0 saturated heterocycles. The minimum atomic E-state index is -1.35. The van der Waals surface area contributed by atoms with Gasteiger partial charge in [-0.1, -0.05) is 0 Å². The van der Waals surface area contributed by atoms with Crippen molar-refractivity contribution in [3.63, 3.8) is 0 Å². The second kappa shape index (κ2) is 6.72. The second-order valence-corrected chi connectivity index (χ2v) is 2.52. The van der Waals surface area contributed by atoms with Gasteiger partial charge in [-0.05, 0) is 0 Å². The number of rotatable bonds is 7. The zero-order valence-corrected chi connectivity index (χ0v) is 8.68. The predicted molar refractivity (Wildman–Crippen MR) is 44.1 cm³/mol. The third kappa shape index (κ3) is 3.22. The lowest BCUT2D eigenvalue weighted by atomic mass is 10.1. The number of carbonyl (C=O) groups excluding carboxylic acids is 1. The predicted octanol–water partition coefficient (Wildman–Crippen LogP) is -1.41. The summed E-state index contributed by atoms with van der Waals surface area (Å²) in [5.41, 5.74) is 0. The molecular formula is C8H15O6-. The van der Waals surface area contributed by atoms with Crippen LogP contribution in [0, 0.1) is 5.92 Å². The van der Waals surface area contributed by atoms with Crippen LogP contribution < -0.4 is 5.11 Å². The van der Waals surface area contributed by atoms with E-state index in [0.717, 1.165) is 0 Å². The van der Waals surface area contributed by atoms with E-state index in [-0.39, 0.29) is 0 Å². The Balaban J connectivity index is 4.62. The molecule has 0 amide bonds. The normalized spacial score (nSPS) is 11.6. The molecule has 0 unspecified atom stereocenters. The summed E-state index contributed by atoms with van der Waals surface area (Å²) in [6.45, 7) is 0. The fourth-order valence-corrected chi connectivity index (χ4v) is 1.13. The molecule has 0 radical (unpaired) electrons. The van der Waals surface area contributed by atoms with Crippen LogP contribution in [0.25, 0.3) is 0 Å². The molecule has 84 valence electrons. The van der Waals surface area contributed by atoms with Crippen molar-refractivity contribution in [1.29, 1.82) is 0 Å². The summed E-state index contributed by atoms with van der Waals surface area (Å²) in [7, 11) is 5.30. The van der Waals surface area contributed by atoms with E-state index in [9.17, 15) is 9.90 Å².